The lowest BCUT2D eigenvalue weighted by atomic mass is 10.1. The first-order valence-electron chi connectivity index (χ1n) is 6.44. The first-order valence-corrected chi connectivity index (χ1v) is 7.26. The molecule has 0 bridgehead atoms. The van der Waals surface area contributed by atoms with Gasteiger partial charge in [-0.05, 0) is 19.1 Å². The van der Waals surface area contributed by atoms with Crippen LogP contribution < -0.4 is 5.32 Å². The van der Waals surface area contributed by atoms with E-state index in [1.807, 2.05) is 19.1 Å². The van der Waals surface area contributed by atoms with Gasteiger partial charge in [-0.1, -0.05) is 0 Å². The Kier molecular flexibility index (Phi) is 5.08. The number of hydrogen-bond acceptors (Lipinski definition) is 3. The summed E-state index contributed by atoms with van der Waals surface area (Å²) in [5, 5.41) is 11.5. The molecule has 114 valence electrons. The molecule has 0 saturated carbocycles. The summed E-state index contributed by atoms with van der Waals surface area (Å²) in [7, 11) is 0. The van der Waals surface area contributed by atoms with Gasteiger partial charge in [-0.2, -0.15) is 0 Å². The van der Waals surface area contributed by atoms with Crippen LogP contribution in [0.1, 0.15) is 21.7 Å². The molecular formula is C14H16F2N2O2S. The Morgan fingerprint density at radius 3 is 2.76 bits per heavy atom. The molecule has 2 aromatic rings. The monoisotopic (exact) mass is 314 g/mol. The first-order chi connectivity index (χ1) is 10.0. The molecule has 21 heavy (non-hydrogen) atoms. The summed E-state index contributed by atoms with van der Waals surface area (Å²) < 4.78 is 24.7. The quantitative estimate of drug-likeness (QED) is 0.767. The summed E-state index contributed by atoms with van der Waals surface area (Å²) in [6.07, 6.45) is 0.0748. The second kappa shape index (κ2) is 6.82. The van der Waals surface area contributed by atoms with Crippen LogP contribution in [-0.4, -0.2) is 35.1 Å². The fraction of sp³-hybridized carbons (Fsp3) is 0.357. The smallest absolute Gasteiger partial charge is 0.253 e. The van der Waals surface area contributed by atoms with E-state index in [1.165, 1.54) is 6.20 Å². The van der Waals surface area contributed by atoms with Crippen molar-refractivity contribution in [3.05, 3.63) is 35.0 Å². The highest BCUT2D eigenvalue weighted by molar-refractivity contribution is 7.15. The summed E-state index contributed by atoms with van der Waals surface area (Å²) in [5.74, 6) is -0.475. The number of aliphatic hydroxyl groups is 1. The predicted octanol–water partition coefficient (Wildman–Crippen LogP) is 2.80. The van der Waals surface area contributed by atoms with Gasteiger partial charge < -0.3 is 15.4 Å². The number of amides is 1. The van der Waals surface area contributed by atoms with Crippen LogP contribution in [0.4, 0.5) is 8.78 Å². The second-order valence-electron chi connectivity index (χ2n) is 4.67. The molecule has 0 fully saturated rings. The predicted molar refractivity (Wildman–Crippen MR) is 77.8 cm³/mol. The van der Waals surface area contributed by atoms with Crippen molar-refractivity contribution >= 4 is 17.2 Å². The molecule has 7 heteroatoms. The van der Waals surface area contributed by atoms with E-state index in [2.05, 4.69) is 10.3 Å². The summed E-state index contributed by atoms with van der Waals surface area (Å²) in [6, 6.07) is 2.90. The average molecular weight is 314 g/mol. The minimum atomic E-state index is -2.58. The Labute approximate surface area is 124 Å². The molecule has 1 unspecified atom stereocenters. The number of alkyl halides is 2. The fourth-order valence-corrected chi connectivity index (χ4v) is 2.89. The van der Waals surface area contributed by atoms with Crippen LogP contribution in [0.3, 0.4) is 0 Å². The maximum absolute atomic E-state index is 12.3. The number of thiophene rings is 1. The highest BCUT2D eigenvalue weighted by Crippen LogP contribution is 2.30. The van der Waals surface area contributed by atoms with Gasteiger partial charge in [-0.3, -0.25) is 4.79 Å². The molecule has 0 radical (unpaired) electrons. The van der Waals surface area contributed by atoms with Crippen molar-refractivity contribution in [2.45, 2.75) is 25.8 Å². The van der Waals surface area contributed by atoms with E-state index >= 15 is 0 Å². The van der Waals surface area contributed by atoms with Crippen molar-refractivity contribution in [2.24, 2.45) is 0 Å². The van der Waals surface area contributed by atoms with E-state index in [4.69, 9.17) is 5.11 Å². The van der Waals surface area contributed by atoms with Gasteiger partial charge in [0.05, 0.1) is 18.2 Å². The zero-order valence-electron chi connectivity index (χ0n) is 11.4. The number of aromatic amines is 1. The van der Waals surface area contributed by atoms with Gasteiger partial charge in [0.25, 0.3) is 5.91 Å². The van der Waals surface area contributed by atoms with Crippen LogP contribution in [0.5, 0.6) is 0 Å². The molecule has 2 heterocycles. The Bertz CT molecular complexity index is 610. The van der Waals surface area contributed by atoms with Crippen molar-refractivity contribution in [3.63, 3.8) is 0 Å². The molecule has 2 rings (SSSR count). The van der Waals surface area contributed by atoms with Gasteiger partial charge in [-0.15, -0.1) is 11.3 Å². The van der Waals surface area contributed by atoms with Gasteiger partial charge in [0.1, 0.15) is 0 Å². The molecule has 3 N–H and O–H groups in total. The van der Waals surface area contributed by atoms with Crippen molar-refractivity contribution < 1.29 is 18.7 Å². The summed E-state index contributed by atoms with van der Waals surface area (Å²) in [5.41, 5.74) is 1.10. The van der Waals surface area contributed by atoms with Gasteiger partial charge in [0.15, 0.2) is 0 Å². The third-order valence-electron chi connectivity index (χ3n) is 3.01. The fourth-order valence-electron chi connectivity index (χ4n) is 1.99. The van der Waals surface area contributed by atoms with E-state index in [0.29, 0.717) is 5.56 Å². The number of nitrogens with one attached hydrogen (secondary N) is 2. The number of hydrogen-bond donors (Lipinski definition) is 3. The molecule has 2 aromatic heterocycles. The molecule has 4 nitrogen and oxygen atoms in total. The van der Waals surface area contributed by atoms with Gasteiger partial charge >= 0.3 is 0 Å². The van der Waals surface area contributed by atoms with E-state index in [0.717, 1.165) is 15.3 Å². The van der Waals surface area contributed by atoms with E-state index in [1.54, 1.807) is 17.5 Å². The van der Waals surface area contributed by atoms with Crippen molar-refractivity contribution in [1.82, 2.24) is 10.3 Å². The first kappa shape index (κ1) is 15.7. The summed E-state index contributed by atoms with van der Waals surface area (Å²) in [4.78, 5) is 17.1. The van der Waals surface area contributed by atoms with Crippen LogP contribution in [0, 0.1) is 6.92 Å². The molecule has 0 aromatic carbocycles. The molecule has 0 saturated heterocycles. The zero-order valence-corrected chi connectivity index (χ0v) is 12.2. The van der Waals surface area contributed by atoms with Crippen molar-refractivity contribution in [1.29, 1.82) is 0 Å². The minimum Gasteiger partial charge on any atom is -0.394 e. The Morgan fingerprint density at radius 1 is 1.43 bits per heavy atom. The number of rotatable bonds is 6. The Hall–Kier alpha value is -1.73. The highest BCUT2D eigenvalue weighted by Gasteiger charge is 2.20. The maximum atomic E-state index is 12.3. The van der Waals surface area contributed by atoms with Crippen LogP contribution in [0.15, 0.2) is 24.5 Å². The third kappa shape index (κ3) is 3.89. The number of H-pyrrole nitrogens is 1. The maximum Gasteiger partial charge on any atom is 0.253 e. The summed E-state index contributed by atoms with van der Waals surface area (Å²) in [6.45, 7) is 1.44. The molecular weight excluding hydrogens is 298 g/mol. The van der Waals surface area contributed by atoms with Crippen molar-refractivity contribution in [3.8, 4) is 10.4 Å². The van der Waals surface area contributed by atoms with E-state index < -0.39 is 31.4 Å². The Balaban J connectivity index is 2.15. The van der Waals surface area contributed by atoms with Gasteiger partial charge in [-0.25, -0.2) is 8.78 Å². The van der Waals surface area contributed by atoms with Crippen LogP contribution in [0.2, 0.25) is 0 Å². The van der Waals surface area contributed by atoms with E-state index in [9.17, 15) is 13.6 Å². The third-order valence-corrected chi connectivity index (χ3v) is 4.05. The summed E-state index contributed by atoms with van der Waals surface area (Å²) >= 11 is 1.54. The van der Waals surface area contributed by atoms with Gasteiger partial charge in [0.2, 0.25) is 6.43 Å². The van der Waals surface area contributed by atoms with Crippen molar-refractivity contribution in [2.75, 3.05) is 6.61 Å². The molecule has 1 atom stereocenters. The van der Waals surface area contributed by atoms with E-state index in [-0.39, 0.29) is 0 Å². The number of carbonyl (C=O) groups excluding carboxylic acids is 1. The lowest BCUT2D eigenvalue weighted by molar-refractivity contribution is 0.0822. The number of aromatic nitrogens is 1. The average Bonchev–Trinajstić information content (AvgIpc) is 3.05. The second-order valence-corrected chi connectivity index (χ2v) is 5.96. The lowest BCUT2D eigenvalue weighted by Crippen LogP contribution is -2.38. The van der Waals surface area contributed by atoms with Crippen LogP contribution in [-0.2, 0) is 0 Å². The molecule has 0 aliphatic rings. The van der Waals surface area contributed by atoms with Gasteiger partial charge in [0, 0.05) is 34.1 Å². The molecule has 0 aliphatic carbocycles. The zero-order chi connectivity index (χ0) is 15.4. The molecule has 0 spiro atoms. The normalized spacial score (nSPS) is 12.6. The number of aryl methyl sites for hydroxylation is 1. The van der Waals surface area contributed by atoms with Crippen LogP contribution in [0.25, 0.3) is 10.4 Å². The molecule has 1 amide bonds. The number of aliphatic hydroxyl groups excluding tert-OH is 1. The Morgan fingerprint density at radius 2 is 2.19 bits per heavy atom. The minimum absolute atomic E-state index is 0.379. The van der Waals surface area contributed by atoms with Crippen LogP contribution >= 0.6 is 11.3 Å². The SMILES string of the molecule is Cc1ccc(-c2c[nH]cc2C(=O)NC(CO)CC(F)F)s1. The lowest BCUT2D eigenvalue weighted by Gasteiger charge is -2.15. The topological polar surface area (TPSA) is 65.1 Å². The largest absolute Gasteiger partial charge is 0.394 e. The number of carbonyl (C=O) groups is 1. The highest BCUT2D eigenvalue weighted by atomic mass is 32.1. The standard InChI is InChI=1S/C14H16F2N2O2S/c1-8-2-3-12(21-8)10-5-17-6-11(10)14(20)18-9(7-19)4-13(15)16/h2-3,5-6,9,13,17,19H,4,7H2,1H3,(H,18,20). The number of halogens is 2. The molecule has 0 aliphatic heterocycles.